The normalized spacial score (nSPS) is 31.2. The van der Waals surface area contributed by atoms with Gasteiger partial charge in [0, 0.05) is 44.1 Å². The van der Waals surface area contributed by atoms with Crippen LogP contribution >= 0.6 is 0 Å². The Morgan fingerprint density at radius 1 is 1.10 bits per heavy atom. The fourth-order valence-corrected chi connectivity index (χ4v) is 5.71. The lowest BCUT2D eigenvalue weighted by atomic mass is 9.79. The number of imide groups is 1. The van der Waals surface area contributed by atoms with Gasteiger partial charge in [-0.3, -0.25) is 24.3 Å². The van der Waals surface area contributed by atoms with E-state index in [2.05, 4.69) is 0 Å². The van der Waals surface area contributed by atoms with Gasteiger partial charge in [-0.05, 0) is 25.3 Å². The first-order valence-electron chi connectivity index (χ1n) is 10.9. The molecule has 0 aromatic heterocycles. The molecular formula is C22H26F3N3O3. The van der Waals surface area contributed by atoms with E-state index in [1.54, 1.807) is 23.1 Å². The highest BCUT2D eigenvalue weighted by molar-refractivity contribution is 6.06. The molecule has 4 aliphatic rings. The molecule has 2 atom stereocenters. The third-order valence-electron chi connectivity index (χ3n) is 7.44. The molecule has 3 aliphatic heterocycles. The number of fused-ring (bicyclic) bond motifs is 2. The number of benzene rings is 1. The summed E-state index contributed by atoms with van der Waals surface area (Å²) in [7, 11) is 0. The Kier molecular flexibility index (Phi) is 4.91. The number of carbonyl (C=O) groups excluding carboxylic acids is 2. The van der Waals surface area contributed by atoms with E-state index >= 15 is 0 Å². The molecule has 9 heteroatoms. The fraction of sp³-hybridized carbons (Fsp3) is 0.636. The molecule has 3 saturated heterocycles. The zero-order valence-corrected chi connectivity index (χ0v) is 17.1. The second-order valence-corrected chi connectivity index (χ2v) is 9.40. The van der Waals surface area contributed by atoms with Gasteiger partial charge in [-0.25, -0.2) is 13.2 Å². The molecule has 1 spiro atoms. The molecule has 3 heterocycles. The van der Waals surface area contributed by atoms with E-state index in [9.17, 15) is 27.9 Å². The summed E-state index contributed by atoms with van der Waals surface area (Å²) in [5, 5.41) is 10.2. The maximum Gasteiger partial charge on any atom is 0.252 e. The largest absolute Gasteiger partial charge is 0.392 e. The predicted octanol–water partition coefficient (Wildman–Crippen LogP) is 1.76. The van der Waals surface area contributed by atoms with E-state index in [1.807, 2.05) is 4.90 Å². The molecule has 1 saturated carbocycles. The van der Waals surface area contributed by atoms with E-state index in [0.717, 1.165) is 4.90 Å². The standard InChI is InChI=1S/C22H26F3N3O3/c23-17-4-2-1-3-14(17)10-27-19(30)18-9-16(29)11-28(18)21(20(27)31)12-26(13-21)15-5-7-22(24,25)8-6-15/h1-4,15-16,18,29H,5-13H2/t16-,18+/m1/s1. The number of carbonyl (C=O) groups is 2. The van der Waals surface area contributed by atoms with Crippen LogP contribution in [0.15, 0.2) is 24.3 Å². The number of halogens is 3. The van der Waals surface area contributed by atoms with Crippen molar-refractivity contribution in [2.45, 2.75) is 68.3 Å². The molecule has 31 heavy (non-hydrogen) atoms. The van der Waals surface area contributed by atoms with Crippen LogP contribution in [0.2, 0.25) is 0 Å². The lowest BCUT2D eigenvalue weighted by Crippen LogP contribution is -2.82. The van der Waals surface area contributed by atoms with Crippen molar-refractivity contribution < 1.29 is 27.9 Å². The molecule has 1 aromatic rings. The van der Waals surface area contributed by atoms with Crippen molar-refractivity contribution in [1.82, 2.24) is 14.7 Å². The molecule has 6 nitrogen and oxygen atoms in total. The highest BCUT2D eigenvalue weighted by Crippen LogP contribution is 2.44. The quantitative estimate of drug-likeness (QED) is 0.731. The van der Waals surface area contributed by atoms with Gasteiger partial charge >= 0.3 is 0 Å². The monoisotopic (exact) mass is 437 g/mol. The Balaban J connectivity index is 1.38. The molecule has 0 bridgehead atoms. The van der Waals surface area contributed by atoms with Gasteiger partial charge in [0.05, 0.1) is 18.7 Å². The van der Waals surface area contributed by atoms with Crippen molar-refractivity contribution in [3.8, 4) is 0 Å². The number of likely N-dealkylation sites (tertiary alicyclic amines) is 1. The molecule has 1 N–H and O–H groups in total. The van der Waals surface area contributed by atoms with Crippen molar-refractivity contribution in [3.63, 3.8) is 0 Å². The number of rotatable bonds is 3. The van der Waals surface area contributed by atoms with Crippen molar-refractivity contribution >= 4 is 11.8 Å². The number of amides is 2. The van der Waals surface area contributed by atoms with E-state index in [4.69, 9.17) is 0 Å². The highest BCUT2D eigenvalue weighted by atomic mass is 19.3. The minimum Gasteiger partial charge on any atom is -0.392 e. The summed E-state index contributed by atoms with van der Waals surface area (Å²) in [6.45, 7) is 0.757. The first-order chi connectivity index (χ1) is 14.7. The number of piperazine rings is 1. The number of β-amino-alcohol motifs (C(OH)–C–C–N with tert-alkyl or cyclic N) is 1. The highest BCUT2D eigenvalue weighted by Gasteiger charge is 2.65. The van der Waals surface area contributed by atoms with E-state index in [-0.39, 0.29) is 49.9 Å². The molecular weight excluding hydrogens is 411 g/mol. The maximum atomic E-state index is 14.2. The van der Waals surface area contributed by atoms with Gasteiger partial charge in [-0.2, -0.15) is 0 Å². The van der Waals surface area contributed by atoms with Gasteiger partial charge in [0.25, 0.3) is 5.91 Å². The lowest BCUT2D eigenvalue weighted by Gasteiger charge is -2.60. The van der Waals surface area contributed by atoms with Crippen LogP contribution in [-0.4, -0.2) is 80.9 Å². The van der Waals surface area contributed by atoms with Crippen LogP contribution in [0.3, 0.4) is 0 Å². The van der Waals surface area contributed by atoms with Crippen molar-refractivity contribution in [2.75, 3.05) is 19.6 Å². The number of hydrogen-bond donors (Lipinski definition) is 1. The second kappa shape index (κ2) is 7.28. The molecule has 1 aliphatic carbocycles. The van der Waals surface area contributed by atoms with Crippen LogP contribution in [0.1, 0.15) is 37.7 Å². The molecule has 0 radical (unpaired) electrons. The van der Waals surface area contributed by atoms with Crippen molar-refractivity contribution in [3.05, 3.63) is 35.6 Å². The van der Waals surface area contributed by atoms with E-state index in [1.165, 1.54) is 6.07 Å². The SMILES string of the molecule is O=C1[C@@H]2C[C@@H](O)CN2C2(CN(C3CCC(F)(F)CC3)C2)C(=O)N1Cc1ccccc1F. The minimum absolute atomic E-state index is 0.0123. The van der Waals surface area contributed by atoms with Gasteiger partial charge in [-0.15, -0.1) is 0 Å². The predicted molar refractivity (Wildman–Crippen MR) is 105 cm³/mol. The van der Waals surface area contributed by atoms with Crippen molar-refractivity contribution in [2.24, 2.45) is 0 Å². The Bertz CT molecular complexity index is 895. The maximum absolute atomic E-state index is 14.2. The van der Waals surface area contributed by atoms with E-state index < -0.39 is 35.3 Å². The number of alkyl halides is 2. The summed E-state index contributed by atoms with van der Waals surface area (Å²) in [5.74, 6) is -3.90. The zero-order chi connectivity index (χ0) is 22.0. The Labute approximate surface area is 178 Å². The Hall–Kier alpha value is -1.97. The second-order valence-electron chi connectivity index (χ2n) is 9.40. The van der Waals surface area contributed by atoms with Gasteiger partial charge in [0.15, 0.2) is 0 Å². The summed E-state index contributed by atoms with van der Waals surface area (Å²) < 4.78 is 41.3. The molecule has 4 fully saturated rings. The molecule has 0 unspecified atom stereocenters. The van der Waals surface area contributed by atoms with Crippen LogP contribution in [0, 0.1) is 5.82 Å². The number of nitrogens with zero attached hydrogens (tertiary/aromatic N) is 3. The zero-order valence-electron chi connectivity index (χ0n) is 17.1. The topological polar surface area (TPSA) is 64.1 Å². The third kappa shape index (κ3) is 3.37. The van der Waals surface area contributed by atoms with Gasteiger partial charge < -0.3 is 5.11 Å². The average Bonchev–Trinajstić information content (AvgIpc) is 3.08. The lowest BCUT2D eigenvalue weighted by molar-refractivity contribution is -0.185. The molecule has 168 valence electrons. The van der Waals surface area contributed by atoms with Crippen LogP contribution in [0.25, 0.3) is 0 Å². The molecule has 1 aromatic carbocycles. The van der Waals surface area contributed by atoms with Crippen LogP contribution in [0.4, 0.5) is 13.2 Å². The van der Waals surface area contributed by atoms with E-state index in [0.29, 0.717) is 25.9 Å². The van der Waals surface area contributed by atoms with Gasteiger partial charge in [-0.1, -0.05) is 18.2 Å². The molecule has 5 rings (SSSR count). The first kappa shape index (κ1) is 20.9. The summed E-state index contributed by atoms with van der Waals surface area (Å²) in [5.41, 5.74) is -0.710. The minimum atomic E-state index is -2.62. The van der Waals surface area contributed by atoms with Gasteiger partial charge in [0.2, 0.25) is 11.8 Å². The number of hydrogen-bond acceptors (Lipinski definition) is 5. The summed E-state index contributed by atoms with van der Waals surface area (Å²) in [6.07, 6.45) is -0.0371. The van der Waals surface area contributed by atoms with Crippen molar-refractivity contribution in [1.29, 1.82) is 0 Å². The van der Waals surface area contributed by atoms with Crippen LogP contribution < -0.4 is 0 Å². The van der Waals surface area contributed by atoms with Gasteiger partial charge in [0.1, 0.15) is 11.4 Å². The Morgan fingerprint density at radius 3 is 2.45 bits per heavy atom. The summed E-state index contributed by atoms with van der Waals surface area (Å²) >= 11 is 0. The third-order valence-corrected chi connectivity index (χ3v) is 7.44. The molecule has 2 amide bonds. The summed E-state index contributed by atoms with van der Waals surface area (Å²) in [4.78, 5) is 31.6. The smallest absolute Gasteiger partial charge is 0.252 e. The Morgan fingerprint density at radius 2 is 1.77 bits per heavy atom. The number of aliphatic hydroxyl groups is 1. The average molecular weight is 437 g/mol. The fourth-order valence-electron chi connectivity index (χ4n) is 5.71. The number of aliphatic hydroxyl groups excluding tert-OH is 1. The van der Waals surface area contributed by atoms with Crippen LogP contribution in [-0.2, 0) is 16.1 Å². The van der Waals surface area contributed by atoms with Crippen LogP contribution in [0.5, 0.6) is 0 Å². The summed E-state index contributed by atoms with van der Waals surface area (Å²) in [6, 6.07) is 5.40. The first-order valence-corrected chi connectivity index (χ1v) is 10.9.